The number of carbonyl (C=O) groups excluding carboxylic acids is 1. The molecule has 0 spiro atoms. The number of ether oxygens (including phenoxy) is 1. The molecule has 0 saturated heterocycles. The molecule has 0 bridgehead atoms. The zero-order chi connectivity index (χ0) is 13.1. The van der Waals surface area contributed by atoms with Gasteiger partial charge in [0, 0.05) is 6.07 Å². The average Bonchev–Trinajstić information content (AvgIpc) is 2.37. The Kier molecular flexibility index (Phi) is 3.23. The quantitative estimate of drug-likeness (QED) is 0.473. The molecule has 2 aromatic rings. The maximum absolute atomic E-state index is 11.6. The van der Waals surface area contributed by atoms with E-state index in [9.17, 15) is 14.9 Å². The van der Waals surface area contributed by atoms with Crippen LogP contribution in [0, 0.1) is 10.1 Å². The van der Waals surface area contributed by atoms with Crippen LogP contribution in [-0.4, -0.2) is 17.5 Å². The predicted octanol–water partition coefficient (Wildman–Crippen LogP) is 2.92. The molecule has 0 aliphatic carbocycles. The van der Waals surface area contributed by atoms with E-state index in [1.165, 1.54) is 12.1 Å². The molecule has 0 atom stereocenters. The summed E-state index contributed by atoms with van der Waals surface area (Å²) >= 11 is 0. The number of esters is 1. The molecule has 5 nitrogen and oxygen atoms in total. The zero-order valence-electron chi connectivity index (χ0n) is 9.75. The van der Waals surface area contributed by atoms with Crippen molar-refractivity contribution >= 4 is 22.4 Å². The molecule has 0 aliphatic rings. The van der Waals surface area contributed by atoms with Gasteiger partial charge in [-0.3, -0.25) is 10.1 Å². The van der Waals surface area contributed by atoms with Crippen molar-refractivity contribution in [3.63, 3.8) is 0 Å². The van der Waals surface area contributed by atoms with Crippen molar-refractivity contribution in [3.05, 3.63) is 52.1 Å². The number of carbonyl (C=O) groups is 1. The molecule has 0 unspecified atom stereocenters. The number of fused-ring (bicyclic) bond motifs is 1. The summed E-state index contributed by atoms with van der Waals surface area (Å²) in [4.78, 5) is 22.0. The third-order valence-electron chi connectivity index (χ3n) is 2.57. The summed E-state index contributed by atoms with van der Waals surface area (Å²) in [5.41, 5.74) is 0.303. The van der Waals surface area contributed by atoms with Gasteiger partial charge in [0.1, 0.15) is 0 Å². The topological polar surface area (TPSA) is 69.4 Å². The Bertz CT molecular complexity index is 621. The van der Waals surface area contributed by atoms with Crippen molar-refractivity contribution in [1.82, 2.24) is 0 Å². The van der Waals surface area contributed by atoms with Gasteiger partial charge in [-0.2, -0.15) is 0 Å². The molecule has 0 aliphatic heterocycles. The van der Waals surface area contributed by atoms with E-state index in [2.05, 4.69) is 0 Å². The molecule has 92 valence electrons. The number of nitro groups is 1. The smallest absolute Gasteiger partial charge is 0.338 e. The fourth-order valence-electron chi connectivity index (χ4n) is 1.76. The summed E-state index contributed by atoms with van der Waals surface area (Å²) in [5, 5.41) is 12.1. The lowest BCUT2D eigenvalue weighted by Gasteiger charge is -2.04. The molecule has 0 saturated carbocycles. The standard InChI is InChI=1S/C13H11NO4/c1-2-18-13(15)10-7-6-9-4-3-5-12(14(16)17)11(9)8-10/h3-8H,2H2,1H3. The normalized spacial score (nSPS) is 10.3. The molecule has 2 rings (SSSR count). The van der Waals surface area contributed by atoms with Crippen LogP contribution in [0.5, 0.6) is 0 Å². The molecule has 18 heavy (non-hydrogen) atoms. The van der Waals surface area contributed by atoms with Crippen molar-refractivity contribution in [1.29, 1.82) is 0 Å². The Labute approximate surface area is 103 Å². The second-order valence-electron chi connectivity index (χ2n) is 3.69. The number of benzene rings is 2. The number of nitrogens with zero attached hydrogens (tertiary/aromatic N) is 1. The Morgan fingerprint density at radius 3 is 2.78 bits per heavy atom. The van der Waals surface area contributed by atoms with E-state index in [-0.39, 0.29) is 12.3 Å². The van der Waals surface area contributed by atoms with E-state index in [1.54, 1.807) is 31.2 Å². The lowest BCUT2D eigenvalue weighted by molar-refractivity contribution is -0.383. The first kappa shape index (κ1) is 12.0. The molecular weight excluding hydrogens is 234 g/mol. The minimum absolute atomic E-state index is 0.0151. The van der Waals surface area contributed by atoms with E-state index in [4.69, 9.17) is 4.74 Å². The summed E-state index contributed by atoms with van der Waals surface area (Å²) in [7, 11) is 0. The van der Waals surface area contributed by atoms with Crippen molar-refractivity contribution in [3.8, 4) is 0 Å². The Balaban J connectivity index is 2.58. The lowest BCUT2D eigenvalue weighted by Crippen LogP contribution is -2.04. The molecule has 0 heterocycles. The predicted molar refractivity (Wildman–Crippen MR) is 66.6 cm³/mol. The number of rotatable bonds is 3. The van der Waals surface area contributed by atoms with Gasteiger partial charge in [-0.15, -0.1) is 0 Å². The van der Waals surface area contributed by atoms with Crippen LogP contribution in [0.3, 0.4) is 0 Å². The van der Waals surface area contributed by atoms with E-state index in [1.807, 2.05) is 0 Å². The number of non-ortho nitro benzene ring substituents is 1. The third kappa shape index (κ3) is 2.15. The first-order chi connectivity index (χ1) is 8.63. The summed E-state index contributed by atoms with van der Waals surface area (Å²) in [6.07, 6.45) is 0. The summed E-state index contributed by atoms with van der Waals surface area (Å²) in [5.74, 6) is -0.474. The highest BCUT2D eigenvalue weighted by molar-refractivity contribution is 5.98. The average molecular weight is 245 g/mol. The second kappa shape index (κ2) is 4.83. The van der Waals surface area contributed by atoms with Crippen LogP contribution in [0.2, 0.25) is 0 Å². The van der Waals surface area contributed by atoms with Crippen LogP contribution in [0.25, 0.3) is 10.8 Å². The summed E-state index contributed by atoms with van der Waals surface area (Å²) < 4.78 is 4.87. The van der Waals surface area contributed by atoms with Crippen LogP contribution < -0.4 is 0 Å². The van der Waals surface area contributed by atoms with Gasteiger partial charge in [-0.05, 0) is 24.4 Å². The second-order valence-corrected chi connectivity index (χ2v) is 3.69. The molecule has 0 radical (unpaired) electrons. The highest BCUT2D eigenvalue weighted by Gasteiger charge is 2.14. The first-order valence-electron chi connectivity index (χ1n) is 5.47. The van der Waals surface area contributed by atoms with Gasteiger partial charge in [-0.25, -0.2) is 4.79 Å². The highest BCUT2D eigenvalue weighted by Crippen LogP contribution is 2.26. The van der Waals surface area contributed by atoms with Gasteiger partial charge < -0.3 is 4.74 Å². The summed E-state index contributed by atoms with van der Waals surface area (Å²) in [6, 6.07) is 9.56. The van der Waals surface area contributed by atoms with Gasteiger partial charge in [0.05, 0.1) is 22.5 Å². The van der Waals surface area contributed by atoms with Crippen LogP contribution >= 0.6 is 0 Å². The molecule has 0 amide bonds. The Morgan fingerprint density at radius 1 is 1.33 bits per heavy atom. The fourth-order valence-corrected chi connectivity index (χ4v) is 1.76. The van der Waals surface area contributed by atoms with Crippen LogP contribution in [0.15, 0.2) is 36.4 Å². The van der Waals surface area contributed by atoms with Gasteiger partial charge in [0.15, 0.2) is 0 Å². The van der Waals surface area contributed by atoms with Gasteiger partial charge in [0.2, 0.25) is 0 Å². The van der Waals surface area contributed by atoms with E-state index in [0.717, 1.165) is 5.39 Å². The van der Waals surface area contributed by atoms with Crippen molar-refractivity contribution in [2.45, 2.75) is 6.92 Å². The minimum atomic E-state index is -0.474. The number of hydrogen-bond donors (Lipinski definition) is 0. The molecule has 0 N–H and O–H groups in total. The largest absolute Gasteiger partial charge is 0.462 e. The van der Waals surface area contributed by atoms with Crippen LogP contribution in [-0.2, 0) is 4.74 Å². The molecule has 2 aromatic carbocycles. The van der Waals surface area contributed by atoms with Gasteiger partial charge in [0.25, 0.3) is 5.69 Å². The number of hydrogen-bond acceptors (Lipinski definition) is 4. The van der Waals surface area contributed by atoms with Crippen molar-refractivity contribution in [2.24, 2.45) is 0 Å². The van der Waals surface area contributed by atoms with Gasteiger partial charge in [-0.1, -0.05) is 18.2 Å². The van der Waals surface area contributed by atoms with E-state index < -0.39 is 10.9 Å². The van der Waals surface area contributed by atoms with E-state index >= 15 is 0 Å². The highest BCUT2D eigenvalue weighted by atomic mass is 16.6. The lowest BCUT2D eigenvalue weighted by atomic mass is 10.1. The van der Waals surface area contributed by atoms with E-state index in [0.29, 0.717) is 10.9 Å². The summed E-state index contributed by atoms with van der Waals surface area (Å²) in [6.45, 7) is 1.98. The third-order valence-corrected chi connectivity index (χ3v) is 2.57. The van der Waals surface area contributed by atoms with Crippen molar-refractivity contribution in [2.75, 3.05) is 6.61 Å². The monoisotopic (exact) mass is 245 g/mol. The zero-order valence-corrected chi connectivity index (χ0v) is 9.75. The minimum Gasteiger partial charge on any atom is -0.462 e. The molecule has 0 fully saturated rings. The maximum Gasteiger partial charge on any atom is 0.338 e. The van der Waals surface area contributed by atoms with Gasteiger partial charge >= 0.3 is 5.97 Å². The van der Waals surface area contributed by atoms with Crippen LogP contribution in [0.4, 0.5) is 5.69 Å². The molecule has 5 heteroatoms. The SMILES string of the molecule is CCOC(=O)c1ccc2cccc([N+](=O)[O-])c2c1. The van der Waals surface area contributed by atoms with Crippen LogP contribution in [0.1, 0.15) is 17.3 Å². The maximum atomic E-state index is 11.6. The Hall–Kier alpha value is -2.43. The fraction of sp³-hybridized carbons (Fsp3) is 0.154. The Morgan fingerprint density at radius 2 is 2.11 bits per heavy atom. The van der Waals surface area contributed by atoms with Crippen molar-refractivity contribution < 1.29 is 14.5 Å². The molecule has 0 aromatic heterocycles. The first-order valence-corrected chi connectivity index (χ1v) is 5.47. The molecular formula is C13H11NO4. The number of nitro benzene ring substituents is 1.